The van der Waals surface area contributed by atoms with E-state index in [-0.39, 0.29) is 48.1 Å². The van der Waals surface area contributed by atoms with Gasteiger partial charge in [0.1, 0.15) is 9.84 Å². The molecule has 1 rings (SSSR count). The van der Waals surface area contributed by atoms with Gasteiger partial charge in [0.2, 0.25) is 5.91 Å². The van der Waals surface area contributed by atoms with E-state index in [1.807, 2.05) is 6.92 Å². The molecule has 0 radical (unpaired) electrons. The molecule has 1 amide bonds. The van der Waals surface area contributed by atoms with Crippen LogP contribution in [0.15, 0.2) is 4.99 Å². The third-order valence-electron chi connectivity index (χ3n) is 2.74. The molecule has 1 aliphatic rings. The Kier molecular flexibility index (Phi) is 9.92. The van der Waals surface area contributed by atoms with Crippen LogP contribution in [-0.2, 0) is 14.6 Å². The van der Waals surface area contributed by atoms with E-state index in [1.165, 1.54) is 6.26 Å². The molecule has 124 valence electrons. The first-order valence-corrected chi connectivity index (χ1v) is 8.96. The highest BCUT2D eigenvalue weighted by Gasteiger charge is 2.28. The van der Waals surface area contributed by atoms with Crippen LogP contribution in [-0.4, -0.2) is 58.5 Å². The van der Waals surface area contributed by atoms with Crippen LogP contribution in [0.4, 0.5) is 0 Å². The Morgan fingerprint density at radius 1 is 1.19 bits per heavy atom. The third-order valence-corrected chi connectivity index (χ3v) is 3.67. The lowest BCUT2D eigenvalue weighted by Gasteiger charge is -2.11. The van der Waals surface area contributed by atoms with Gasteiger partial charge in [-0.2, -0.15) is 0 Å². The number of sulfone groups is 1. The van der Waals surface area contributed by atoms with Crippen molar-refractivity contribution in [2.75, 3.05) is 38.2 Å². The monoisotopic (exact) mass is 432 g/mol. The molecule has 0 aromatic carbocycles. The topological polar surface area (TPSA) is 99.7 Å². The number of hydrogen-bond donors (Lipinski definition) is 3. The van der Waals surface area contributed by atoms with Crippen molar-refractivity contribution in [1.82, 2.24) is 16.0 Å². The number of guanidine groups is 1. The van der Waals surface area contributed by atoms with Gasteiger partial charge in [-0.1, -0.05) is 0 Å². The van der Waals surface area contributed by atoms with Crippen LogP contribution in [0.2, 0.25) is 0 Å². The summed E-state index contributed by atoms with van der Waals surface area (Å²) < 4.78 is 22.0. The maximum atomic E-state index is 11.4. The number of amides is 1. The number of aliphatic imine (C=N–C) groups is 1. The van der Waals surface area contributed by atoms with Crippen LogP contribution in [0.25, 0.3) is 0 Å². The summed E-state index contributed by atoms with van der Waals surface area (Å²) >= 11 is 0. The summed E-state index contributed by atoms with van der Waals surface area (Å²) in [6, 6.07) is 0. The predicted molar refractivity (Wildman–Crippen MR) is 94.8 cm³/mol. The molecule has 3 N–H and O–H groups in total. The molecule has 0 spiro atoms. The summed E-state index contributed by atoms with van der Waals surface area (Å²) in [5.74, 6) is 0.927. The second-order valence-corrected chi connectivity index (χ2v) is 7.14. The zero-order chi connectivity index (χ0) is 15.0. The molecule has 0 bridgehead atoms. The summed E-state index contributed by atoms with van der Waals surface area (Å²) in [5.41, 5.74) is 0. The van der Waals surface area contributed by atoms with Crippen molar-refractivity contribution < 1.29 is 13.2 Å². The van der Waals surface area contributed by atoms with E-state index in [9.17, 15) is 13.2 Å². The normalized spacial score (nSPS) is 15.0. The zero-order valence-electron chi connectivity index (χ0n) is 12.5. The van der Waals surface area contributed by atoms with Gasteiger partial charge >= 0.3 is 0 Å². The van der Waals surface area contributed by atoms with Crippen LogP contribution < -0.4 is 16.0 Å². The minimum absolute atomic E-state index is 0. The molecule has 0 heterocycles. The molecule has 0 aliphatic heterocycles. The van der Waals surface area contributed by atoms with Gasteiger partial charge in [-0.15, -0.1) is 24.0 Å². The van der Waals surface area contributed by atoms with E-state index in [1.54, 1.807) is 0 Å². The molecule has 1 fully saturated rings. The number of carbonyl (C=O) groups is 1. The van der Waals surface area contributed by atoms with Gasteiger partial charge in [0.05, 0.1) is 12.3 Å². The molecule has 1 saturated carbocycles. The van der Waals surface area contributed by atoms with Gasteiger partial charge in [-0.25, -0.2) is 8.42 Å². The van der Waals surface area contributed by atoms with E-state index in [0.29, 0.717) is 25.6 Å². The van der Waals surface area contributed by atoms with E-state index in [2.05, 4.69) is 20.9 Å². The molecular weight excluding hydrogens is 407 g/mol. The van der Waals surface area contributed by atoms with Crippen molar-refractivity contribution >= 4 is 45.7 Å². The molecule has 0 unspecified atom stereocenters. The number of nitrogens with one attached hydrogen (secondary N) is 3. The number of carbonyl (C=O) groups excluding carboxylic acids is 1. The molecule has 21 heavy (non-hydrogen) atoms. The second-order valence-electron chi connectivity index (χ2n) is 4.88. The van der Waals surface area contributed by atoms with Crippen LogP contribution >= 0.6 is 24.0 Å². The summed E-state index contributed by atoms with van der Waals surface area (Å²) in [6.45, 7) is 3.94. The maximum Gasteiger partial charge on any atom is 0.223 e. The quantitative estimate of drug-likeness (QED) is 0.212. The minimum Gasteiger partial charge on any atom is -0.357 e. The maximum absolute atomic E-state index is 11.4. The van der Waals surface area contributed by atoms with Gasteiger partial charge in [-0.05, 0) is 19.8 Å². The molecule has 0 saturated heterocycles. The Hall–Kier alpha value is -0.580. The van der Waals surface area contributed by atoms with Gasteiger partial charge < -0.3 is 16.0 Å². The Labute approximate surface area is 143 Å². The first-order chi connectivity index (χ1) is 9.42. The lowest BCUT2D eigenvalue weighted by atomic mass is 10.4. The molecular formula is C12H25IN4O3S. The molecule has 7 nitrogen and oxygen atoms in total. The molecule has 0 aromatic rings. The fraction of sp³-hybridized carbons (Fsp3) is 0.833. The standard InChI is InChI=1S/C12H24N4O3S.HI/c1-3-13-12(16-8-9-20(2,18)19)15-7-6-14-11(17)10-4-5-10;/h10H,3-9H2,1-2H3,(H,14,17)(H2,13,15,16);1H. The third kappa shape index (κ3) is 10.7. The van der Waals surface area contributed by atoms with Crippen molar-refractivity contribution in [2.24, 2.45) is 10.9 Å². The van der Waals surface area contributed by atoms with Crippen LogP contribution in [0.3, 0.4) is 0 Å². The van der Waals surface area contributed by atoms with E-state index < -0.39 is 9.84 Å². The number of hydrogen-bond acceptors (Lipinski definition) is 4. The lowest BCUT2D eigenvalue weighted by Crippen LogP contribution is -2.42. The Morgan fingerprint density at radius 3 is 2.33 bits per heavy atom. The van der Waals surface area contributed by atoms with E-state index in [0.717, 1.165) is 12.8 Å². The Balaban J connectivity index is 0.00000400. The Bertz CT molecular complexity index is 449. The smallest absolute Gasteiger partial charge is 0.223 e. The van der Waals surface area contributed by atoms with Crippen molar-refractivity contribution in [3.05, 3.63) is 0 Å². The van der Waals surface area contributed by atoms with E-state index in [4.69, 9.17) is 0 Å². The first-order valence-electron chi connectivity index (χ1n) is 6.90. The highest BCUT2D eigenvalue weighted by molar-refractivity contribution is 14.0. The molecule has 1 aliphatic carbocycles. The van der Waals surface area contributed by atoms with Crippen molar-refractivity contribution in [3.63, 3.8) is 0 Å². The van der Waals surface area contributed by atoms with Gasteiger partial charge in [0.25, 0.3) is 0 Å². The highest BCUT2D eigenvalue weighted by atomic mass is 127. The number of nitrogens with zero attached hydrogens (tertiary/aromatic N) is 1. The van der Waals surface area contributed by atoms with Crippen molar-refractivity contribution in [1.29, 1.82) is 0 Å². The zero-order valence-corrected chi connectivity index (χ0v) is 15.7. The number of halogens is 1. The van der Waals surface area contributed by atoms with Crippen LogP contribution in [0.1, 0.15) is 19.8 Å². The summed E-state index contributed by atoms with van der Waals surface area (Å²) in [6.07, 6.45) is 3.18. The average Bonchev–Trinajstić information content (AvgIpc) is 3.16. The fourth-order valence-corrected chi connectivity index (χ4v) is 1.94. The predicted octanol–water partition coefficient (Wildman–Crippen LogP) is -0.270. The van der Waals surface area contributed by atoms with Crippen molar-refractivity contribution in [3.8, 4) is 0 Å². The fourth-order valence-electron chi connectivity index (χ4n) is 1.52. The summed E-state index contributed by atoms with van der Waals surface area (Å²) in [5, 5.41) is 8.92. The SMILES string of the molecule is CCNC(=NCCS(C)(=O)=O)NCCNC(=O)C1CC1.I. The first kappa shape index (κ1) is 20.4. The molecule has 0 atom stereocenters. The van der Waals surface area contributed by atoms with Gasteiger partial charge in [0.15, 0.2) is 5.96 Å². The van der Waals surface area contributed by atoms with Crippen LogP contribution in [0, 0.1) is 5.92 Å². The summed E-state index contributed by atoms with van der Waals surface area (Å²) in [7, 11) is -2.99. The molecule has 9 heteroatoms. The second kappa shape index (κ2) is 10.2. The minimum atomic E-state index is -2.99. The van der Waals surface area contributed by atoms with Gasteiger partial charge in [0, 0.05) is 31.8 Å². The lowest BCUT2D eigenvalue weighted by molar-refractivity contribution is -0.122. The average molecular weight is 432 g/mol. The number of rotatable bonds is 8. The molecule has 0 aromatic heterocycles. The van der Waals surface area contributed by atoms with Crippen molar-refractivity contribution in [2.45, 2.75) is 19.8 Å². The summed E-state index contributed by atoms with van der Waals surface area (Å²) in [4.78, 5) is 15.6. The largest absolute Gasteiger partial charge is 0.357 e. The highest BCUT2D eigenvalue weighted by Crippen LogP contribution is 2.28. The Morgan fingerprint density at radius 2 is 1.81 bits per heavy atom. The van der Waals surface area contributed by atoms with Gasteiger partial charge in [-0.3, -0.25) is 9.79 Å². The van der Waals surface area contributed by atoms with Crippen LogP contribution in [0.5, 0.6) is 0 Å². The van der Waals surface area contributed by atoms with E-state index >= 15 is 0 Å².